The van der Waals surface area contributed by atoms with Gasteiger partial charge in [-0.3, -0.25) is 0 Å². The third kappa shape index (κ3) is 3.71. The van der Waals surface area contributed by atoms with Gasteiger partial charge in [0.2, 0.25) is 0 Å². The molecule has 3 nitrogen and oxygen atoms in total. The number of carbonyl (C=O) groups excluding carboxylic acids is 1. The summed E-state index contributed by atoms with van der Waals surface area (Å²) in [5.74, 6) is 0. The molecule has 0 unspecified atom stereocenters. The van der Waals surface area contributed by atoms with Crippen molar-refractivity contribution in [3.05, 3.63) is 76.8 Å². The first-order valence-corrected chi connectivity index (χ1v) is 8.17. The number of fused-ring (bicyclic) bond motifs is 1. The van der Waals surface area contributed by atoms with Gasteiger partial charge in [0.15, 0.2) is 0 Å². The number of rotatable bonds is 3. The lowest BCUT2D eigenvalue weighted by Gasteiger charge is -2.19. The summed E-state index contributed by atoms with van der Waals surface area (Å²) in [5, 5.41) is 5.15. The van der Waals surface area contributed by atoms with Crippen LogP contribution in [0.2, 0.25) is 0 Å². The molecular formula is C19H17BrN2O. The molecule has 116 valence electrons. The van der Waals surface area contributed by atoms with Gasteiger partial charge in [0.25, 0.3) is 0 Å². The van der Waals surface area contributed by atoms with E-state index in [1.165, 1.54) is 0 Å². The lowest BCUT2D eigenvalue weighted by Crippen LogP contribution is -2.30. The minimum atomic E-state index is -0.121. The lowest BCUT2D eigenvalue weighted by atomic mass is 10.1. The number of amides is 2. The molecule has 0 radical (unpaired) electrons. The number of hydrogen-bond donors (Lipinski definition) is 1. The van der Waals surface area contributed by atoms with E-state index in [0.29, 0.717) is 6.54 Å². The normalized spacial score (nSPS) is 10.5. The first kappa shape index (κ1) is 15.6. The summed E-state index contributed by atoms with van der Waals surface area (Å²) in [6, 6.07) is 21.8. The highest BCUT2D eigenvalue weighted by atomic mass is 79.9. The molecule has 0 aliphatic rings. The Kier molecular flexibility index (Phi) is 4.63. The van der Waals surface area contributed by atoms with Gasteiger partial charge in [-0.15, -0.1) is 0 Å². The average Bonchev–Trinajstić information content (AvgIpc) is 2.57. The number of urea groups is 1. The largest absolute Gasteiger partial charge is 0.323 e. The van der Waals surface area contributed by atoms with Crippen LogP contribution in [-0.4, -0.2) is 18.0 Å². The van der Waals surface area contributed by atoms with Gasteiger partial charge in [-0.1, -0.05) is 64.5 Å². The maximum atomic E-state index is 12.4. The number of nitrogens with zero attached hydrogens (tertiary/aromatic N) is 1. The van der Waals surface area contributed by atoms with Crippen LogP contribution < -0.4 is 5.32 Å². The zero-order valence-corrected chi connectivity index (χ0v) is 14.4. The van der Waals surface area contributed by atoms with Crippen molar-refractivity contribution < 1.29 is 4.79 Å². The SMILES string of the molecule is CN(Cc1ccc(Br)cc1)C(=O)Nc1cccc2ccccc12. The fourth-order valence-corrected chi connectivity index (χ4v) is 2.74. The predicted molar refractivity (Wildman–Crippen MR) is 98.6 cm³/mol. The number of benzene rings is 3. The van der Waals surface area contributed by atoms with E-state index >= 15 is 0 Å². The number of anilines is 1. The second-order valence-electron chi connectivity index (χ2n) is 5.44. The van der Waals surface area contributed by atoms with Crippen molar-refractivity contribution in [1.82, 2.24) is 4.90 Å². The minimum Gasteiger partial charge on any atom is -0.323 e. The van der Waals surface area contributed by atoms with Gasteiger partial charge in [0, 0.05) is 23.5 Å². The minimum absolute atomic E-state index is 0.121. The van der Waals surface area contributed by atoms with Gasteiger partial charge in [-0.2, -0.15) is 0 Å². The van der Waals surface area contributed by atoms with E-state index in [2.05, 4.69) is 21.2 Å². The third-order valence-corrected chi connectivity index (χ3v) is 4.24. The molecular weight excluding hydrogens is 352 g/mol. The van der Waals surface area contributed by atoms with Gasteiger partial charge in [-0.05, 0) is 29.1 Å². The van der Waals surface area contributed by atoms with E-state index in [9.17, 15) is 4.79 Å². The van der Waals surface area contributed by atoms with E-state index < -0.39 is 0 Å². The molecule has 0 spiro atoms. The summed E-state index contributed by atoms with van der Waals surface area (Å²) in [7, 11) is 1.79. The van der Waals surface area contributed by atoms with E-state index in [0.717, 1.165) is 26.5 Å². The zero-order valence-electron chi connectivity index (χ0n) is 12.8. The van der Waals surface area contributed by atoms with Crippen molar-refractivity contribution in [3.8, 4) is 0 Å². The van der Waals surface area contributed by atoms with Crippen LogP contribution in [0, 0.1) is 0 Å². The molecule has 3 aromatic carbocycles. The van der Waals surface area contributed by atoms with E-state index in [1.54, 1.807) is 11.9 Å². The predicted octanol–water partition coefficient (Wildman–Crippen LogP) is 5.27. The Morgan fingerprint density at radius 1 is 1.00 bits per heavy atom. The van der Waals surface area contributed by atoms with Crippen LogP contribution in [0.4, 0.5) is 10.5 Å². The summed E-state index contributed by atoms with van der Waals surface area (Å²) in [5.41, 5.74) is 1.92. The smallest absolute Gasteiger partial charge is 0.321 e. The molecule has 0 fully saturated rings. The van der Waals surface area contributed by atoms with Gasteiger partial charge in [0.1, 0.15) is 0 Å². The Bertz CT molecular complexity index is 825. The van der Waals surface area contributed by atoms with Crippen LogP contribution in [0.15, 0.2) is 71.2 Å². The molecule has 23 heavy (non-hydrogen) atoms. The van der Waals surface area contributed by atoms with Gasteiger partial charge >= 0.3 is 6.03 Å². The Morgan fingerprint density at radius 2 is 1.70 bits per heavy atom. The van der Waals surface area contributed by atoms with E-state index in [1.807, 2.05) is 66.7 Å². The molecule has 0 saturated heterocycles. The summed E-state index contributed by atoms with van der Waals surface area (Å²) in [4.78, 5) is 14.1. The zero-order chi connectivity index (χ0) is 16.2. The number of hydrogen-bond acceptors (Lipinski definition) is 1. The molecule has 0 aromatic heterocycles. The molecule has 0 bridgehead atoms. The Morgan fingerprint density at radius 3 is 2.48 bits per heavy atom. The van der Waals surface area contributed by atoms with Crippen molar-refractivity contribution in [2.24, 2.45) is 0 Å². The maximum Gasteiger partial charge on any atom is 0.321 e. The Labute approximate surface area is 144 Å². The van der Waals surface area contributed by atoms with Gasteiger partial charge in [-0.25, -0.2) is 4.79 Å². The van der Waals surface area contributed by atoms with Crippen LogP contribution >= 0.6 is 15.9 Å². The fourth-order valence-electron chi connectivity index (χ4n) is 2.48. The molecule has 0 heterocycles. The molecule has 0 aliphatic heterocycles. The molecule has 0 aliphatic carbocycles. The highest BCUT2D eigenvalue weighted by Gasteiger charge is 2.11. The molecule has 0 atom stereocenters. The lowest BCUT2D eigenvalue weighted by molar-refractivity contribution is 0.220. The Hall–Kier alpha value is -2.33. The summed E-state index contributed by atoms with van der Waals surface area (Å²) < 4.78 is 1.03. The standard InChI is InChI=1S/C19H17BrN2O/c1-22(13-14-9-11-16(20)12-10-14)19(23)21-18-8-4-6-15-5-2-3-7-17(15)18/h2-12H,13H2,1H3,(H,21,23). The molecule has 1 N–H and O–H groups in total. The average molecular weight is 369 g/mol. The topological polar surface area (TPSA) is 32.3 Å². The van der Waals surface area contributed by atoms with Crippen molar-refractivity contribution in [1.29, 1.82) is 0 Å². The van der Waals surface area contributed by atoms with E-state index in [-0.39, 0.29) is 6.03 Å². The van der Waals surface area contributed by atoms with Crippen LogP contribution in [-0.2, 0) is 6.54 Å². The van der Waals surface area contributed by atoms with Crippen molar-refractivity contribution in [3.63, 3.8) is 0 Å². The molecule has 3 aromatic rings. The molecule has 4 heteroatoms. The number of halogens is 1. The highest BCUT2D eigenvalue weighted by molar-refractivity contribution is 9.10. The summed E-state index contributed by atoms with van der Waals surface area (Å²) >= 11 is 3.41. The third-order valence-electron chi connectivity index (χ3n) is 3.71. The van der Waals surface area contributed by atoms with Crippen molar-refractivity contribution in [2.75, 3.05) is 12.4 Å². The molecule has 2 amide bonds. The fraction of sp³-hybridized carbons (Fsp3) is 0.105. The van der Waals surface area contributed by atoms with Crippen LogP contribution in [0.5, 0.6) is 0 Å². The van der Waals surface area contributed by atoms with Crippen LogP contribution in [0.1, 0.15) is 5.56 Å². The van der Waals surface area contributed by atoms with Crippen molar-refractivity contribution in [2.45, 2.75) is 6.54 Å². The highest BCUT2D eigenvalue weighted by Crippen LogP contribution is 2.23. The first-order valence-electron chi connectivity index (χ1n) is 7.38. The Balaban J connectivity index is 1.74. The summed E-state index contributed by atoms with van der Waals surface area (Å²) in [6.45, 7) is 0.559. The molecule has 3 rings (SSSR count). The van der Waals surface area contributed by atoms with Gasteiger partial charge in [0.05, 0.1) is 5.69 Å². The van der Waals surface area contributed by atoms with Crippen LogP contribution in [0.25, 0.3) is 10.8 Å². The van der Waals surface area contributed by atoms with Crippen LogP contribution in [0.3, 0.4) is 0 Å². The molecule has 0 saturated carbocycles. The number of nitrogens with one attached hydrogen (secondary N) is 1. The number of carbonyl (C=O) groups is 1. The summed E-state index contributed by atoms with van der Waals surface area (Å²) in [6.07, 6.45) is 0. The van der Waals surface area contributed by atoms with Gasteiger partial charge < -0.3 is 10.2 Å². The van der Waals surface area contributed by atoms with E-state index in [4.69, 9.17) is 0 Å². The second kappa shape index (κ2) is 6.84. The maximum absolute atomic E-state index is 12.4. The second-order valence-corrected chi connectivity index (χ2v) is 6.36. The van der Waals surface area contributed by atoms with Crippen molar-refractivity contribution >= 4 is 38.4 Å². The first-order chi connectivity index (χ1) is 11.1. The quantitative estimate of drug-likeness (QED) is 0.671. The monoisotopic (exact) mass is 368 g/mol.